The molecule has 1 aromatic carbocycles. The highest BCUT2D eigenvalue weighted by atomic mass is 15.2. The minimum Gasteiger partial charge on any atom is -0.311 e. The molecule has 2 unspecified atom stereocenters. The quantitative estimate of drug-likeness (QED) is 0.878. The molecule has 0 spiro atoms. The minimum atomic E-state index is 0.198. The van der Waals surface area contributed by atoms with Gasteiger partial charge in [0.15, 0.2) is 0 Å². The molecule has 0 saturated carbocycles. The monoisotopic (exact) mass is 274 g/mol. The first-order valence-corrected chi connectivity index (χ1v) is 8.02. The van der Waals surface area contributed by atoms with Crippen LogP contribution in [0.1, 0.15) is 55.8 Å². The second-order valence-corrected chi connectivity index (χ2v) is 6.49. The molecule has 1 fully saturated rings. The van der Waals surface area contributed by atoms with Crippen LogP contribution >= 0.6 is 0 Å². The lowest BCUT2D eigenvalue weighted by atomic mass is 9.81. The number of likely N-dealkylation sites (tertiary alicyclic amines) is 1. The third kappa shape index (κ3) is 2.77. The van der Waals surface area contributed by atoms with Crippen molar-refractivity contribution in [1.82, 2.24) is 10.2 Å². The van der Waals surface area contributed by atoms with Crippen molar-refractivity contribution in [2.75, 3.05) is 20.1 Å². The number of aryl methyl sites for hydroxylation is 2. The van der Waals surface area contributed by atoms with E-state index in [0.29, 0.717) is 6.04 Å². The Morgan fingerprint density at radius 3 is 2.45 bits per heavy atom. The summed E-state index contributed by atoms with van der Waals surface area (Å²) >= 11 is 0. The number of likely N-dealkylation sites (N-methyl/N-ethyl adjacent to an activating group) is 1. The van der Waals surface area contributed by atoms with Gasteiger partial charge in [0.25, 0.3) is 0 Å². The van der Waals surface area contributed by atoms with Crippen molar-refractivity contribution in [2.45, 2.75) is 58.5 Å². The Hall–Kier alpha value is -0.860. The normalized spacial score (nSPS) is 20.9. The molecule has 1 aliphatic rings. The zero-order valence-corrected chi connectivity index (χ0v) is 13.8. The van der Waals surface area contributed by atoms with E-state index in [9.17, 15) is 0 Å². The van der Waals surface area contributed by atoms with E-state index in [1.54, 1.807) is 0 Å². The maximum Gasteiger partial charge on any atom is 0.0504 e. The van der Waals surface area contributed by atoms with Crippen molar-refractivity contribution in [1.29, 1.82) is 0 Å². The molecule has 1 aliphatic heterocycles. The van der Waals surface area contributed by atoms with Gasteiger partial charge >= 0.3 is 0 Å². The van der Waals surface area contributed by atoms with Crippen molar-refractivity contribution in [3.8, 4) is 0 Å². The largest absolute Gasteiger partial charge is 0.311 e. The third-order valence-electron chi connectivity index (χ3n) is 5.20. The van der Waals surface area contributed by atoms with Crippen molar-refractivity contribution in [3.63, 3.8) is 0 Å². The van der Waals surface area contributed by atoms with Crippen LogP contribution in [-0.2, 0) is 0 Å². The zero-order chi connectivity index (χ0) is 14.8. The van der Waals surface area contributed by atoms with Crippen LogP contribution in [-0.4, -0.2) is 30.6 Å². The van der Waals surface area contributed by atoms with Gasteiger partial charge < -0.3 is 5.32 Å². The van der Waals surface area contributed by atoms with E-state index >= 15 is 0 Å². The predicted molar refractivity (Wildman–Crippen MR) is 87.2 cm³/mol. The molecule has 1 saturated heterocycles. The Balaban J connectivity index is 2.40. The number of rotatable bonds is 5. The van der Waals surface area contributed by atoms with E-state index in [2.05, 4.69) is 63.2 Å². The zero-order valence-electron chi connectivity index (χ0n) is 13.8. The first-order chi connectivity index (χ1) is 9.52. The highest BCUT2D eigenvalue weighted by Crippen LogP contribution is 2.37. The lowest BCUT2D eigenvalue weighted by Crippen LogP contribution is -2.52. The topological polar surface area (TPSA) is 15.3 Å². The van der Waals surface area contributed by atoms with Crippen LogP contribution in [0.3, 0.4) is 0 Å². The van der Waals surface area contributed by atoms with Gasteiger partial charge in [0.1, 0.15) is 0 Å². The molecule has 2 heteroatoms. The van der Waals surface area contributed by atoms with Crippen LogP contribution in [0.2, 0.25) is 0 Å². The lowest BCUT2D eigenvalue weighted by Gasteiger charge is -2.45. The van der Waals surface area contributed by atoms with Gasteiger partial charge in [-0.2, -0.15) is 0 Å². The Bertz CT molecular complexity index is 449. The van der Waals surface area contributed by atoms with Gasteiger partial charge in [-0.3, -0.25) is 4.90 Å². The van der Waals surface area contributed by atoms with Crippen LogP contribution in [0, 0.1) is 13.8 Å². The maximum atomic E-state index is 3.61. The molecular weight excluding hydrogens is 244 g/mol. The van der Waals surface area contributed by atoms with Crippen molar-refractivity contribution in [2.24, 2.45) is 0 Å². The van der Waals surface area contributed by atoms with E-state index < -0.39 is 0 Å². The summed E-state index contributed by atoms with van der Waals surface area (Å²) in [5.74, 6) is 0. The summed E-state index contributed by atoms with van der Waals surface area (Å²) in [6.45, 7) is 11.7. The summed E-state index contributed by atoms with van der Waals surface area (Å²) < 4.78 is 0. The Morgan fingerprint density at radius 1 is 1.25 bits per heavy atom. The van der Waals surface area contributed by atoms with Crippen LogP contribution in [0.15, 0.2) is 18.2 Å². The van der Waals surface area contributed by atoms with Crippen LogP contribution in [0.4, 0.5) is 0 Å². The van der Waals surface area contributed by atoms with Gasteiger partial charge in [-0.25, -0.2) is 0 Å². The van der Waals surface area contributed by atoms with Gasteiger partial charge in [0.2, 0.25) is 0 Å². The van der Waals surface area contributed by atoms with E-state index in [-0.39, 0.29) is 5.54 Å². The first kappa shape index (κ1) is 15.5. The first-order valence-electron chi connectivity index (χ1n) is 8.02. The van der Waals surface area contributed by atoms with Gasteiger partial charge in [-0.1, -0.05) is 30.7 Å². The summed E-state index contributed by atoms with van der Waals surface area (Å²) in [7, 11) is 2.11. The molecule has 0 aliphatic carbocycles. The Kier molecular flexibility index (Phi) is 4.87. The van der Waals surface area contributed by atoms with E-state index in [1.165, 1.54) is 49.0 Å². The maximum absolute atomic E-state index is 3.61. The molecule has 0 radical (unpaired) electrons. The third-order valence-corrected chi connectivity index (χ3v) is 5.20. The summed E-state index contributed by atoms with van der Waals surface area (Å²) in [5.41, 5.74) is 4.41. The molecule has 0 aromatic heterocycles. The van der Waals surface area contributed by atoms with Crippen molar-refractivity contribution >= 4 is 0 Å². The molecule has 1 aromatic rings. The highest BCUT2D eigenvalue weighted by Gasteiger charge is 2.39. The Labute approximate surface area is 124 Å². The molecule has 1 N–H and O–H groups in total. The smallest absolute Gasteiger partial charge is 0.0504 e. The molecule has 0 bridgehead atoms. The van der Waals surface area contributed by atoms with Crippen molar-refractivity contribution in [3.05, 3.63) is 34.9 Å². The molecule has 2 nitrogen and oxygen atoms in total. The van der Waals surface area contributed by atoms with Gasteiger partial charge in [-0.05, 0) is 71.3 Å². The number of benzene rings is 1. The average Bonchev–Trinajstić information content (AvgIpc) is 2.97. The van der Waals surface area contributed by atoms with Crippen LogP contribution < -0.4 is 5.32 Å². The fourth-order valence-corrected chi connectivity index (χ4v) is 3.71. The molecule has 2 rings (SSSR count). The van der Waals surface area contributed by atoms with Gasteiger partial charge in [0, 0.05) is 5.54 Å². The summed E-state index contributed by atoms with van der Waals surface area (Å²) in [4.78, 5) is 2.69. The molecular formula is C18H30N2. The number of hydrogen-bond acceptors (Lipinski definition) is 2. The van der Waals surface area contributed by atoms with Gasteiger partial charge in [-0.15, -0.1) is 0 Å². The van der Waals surface area contributed by atoms with E-state index in [1.807, 2.05) is 0 Å². The average molecular weight is 274 g/mol. The number of nitrogens with zero attached hydrogens (tertiary/aromatic N) is 1. The van der Waals surface area contributed by atoms with Crippen molar-refractivity contribution < 1.29 is 0 Å². The standard InChI is InChI=1S/C18H30N2/c1-6-18(4,20-11-7-8-12-20)17(19-5)16-13-14(2)9-10-15(16)3/h9-10,13,17,19H,6-8,11-12H2,1-5H3. The lowest BCUT2D eigenvalue weighted by molar-refractivity contribution is 0.0870. The number of nitrogens with one attached hydrogen (secondary N) is 1. The fraction of sp³-hybridized carbons (Fsp3) is 0.667. The number of hydrogen-bond donors (Lipinski definition) is 1. The summed E-state index contributed by atoms with van der Waals surface area (Å²) in [5, 5.41) is 3.61. The minimum absolute atomic E-state index is 0.198. The summed E-state index contributed by atoms with van der Waals surface area (Å²) in [6, 6.07) is 7.23. The van der Waals surface area contributed by atoms with E-state index in [4.69, 9.17) is 0 Å². The van der Waals surface area contributed by atoms with Gasteiger partial charge in [0.05, 0.1) is 6.04 Å². The molecule has 1 heterocycles. The SMILES string of the molecule is CCC(C)(C(NC)c1cc(C)ccc1C)N1CCCC1. The summed E-state index contributed by atoms with van der Waals surface area (Å²) in [6.07, 6.45) is 3.86. The molecule has 20 heavy (non-hydrogen) atoms. The second-order valence-electron chi connectivity index (χ2n) is 6.49. The van der Waals surface area contributed by atoms with Crippen LogP contribution in [0.5, 0.6) is 0 Å². The molecule has 2 atom stereocenters. The Morgan fingerprint density at radius 2 is 1.90 bits per heavy atom. The predicted octanol–water partition coefficient (Wildman–Crippen LogP) is 3.83. The second kappa shape index (κ2) is 6.28. The molecule has 112 valence electrons. The van der Waals surface area contributed by atoms with E-state index in [0.717, 1.165) is 0 Å². The highest BCUT2D eigenvalue weighted by molar-refractivity contribution is 5.35. The fourth-order valence-electron chi connectivity index (χ4n) is 3.71. The molecule has 0 amide bonds. The van der Waals surface area contributed by atoms with Crippen LogP contribution in [0.25, 0.3) is 0 Å².